The van der Waals surface area contributed by atoms with Gasteiger partial charge in [0.25, 0.3) is 0 Å². The van der Waals surface area contributed by atoms with Crippen molar-refractivity contribution in [2.24, 2.45) is 0 Å². The Balaban J connectivity index is 1.34. The fourth-order valence-corrected chi connectivity index (χ4v) is 6.47. The molecule has 4 atom stereocenters. The SMILES string of the molecule is O=C(O)c1ccccc1SC[C@H]1C[C@@H](c2ccc(CO)cc2)O[C@@H](c2cccc(NC(=O)[C@@H]3CCCN3C(=O)C(F)(F)F)c2)O1. The Bertz CT molecular complexity index is 1540. The van der Waals surface area contributed by atoms with Gasteiger partial charge in [-0.1, -0.05) is 48.5 Å². The highest BCUT2D eigenvalue weighted by atomic mass is 32.2. The molecule has 2 amide bonds. The zero-order valence-electron chi connectivity index (χ0n) is 23.9. The first-order chi connectivity index (χ1) is 21.5. The predicted octanol–water partition coefficient (Wildman–Crippen LogP) is 5.71. The number of carboxylic acid groups (broad SMARTS) is 1. The van der Waals surface area contributed by atoms with E-state index in [1.807, 2.05) is 12.1 Å². The van der Waals surface area contributed by atoms with E-state index in [9.17, 15) is 37.8 Å². The van der Waals surface area contributed by atoms with Gasteiger partial charge in [0, 0.05) is 34.9 Å². The first-order valence-corrected chi connectivity index (χ1v) is 15.3. The molecule has 2 aliphatic heterocycles. The van der Waals surface area contributed by atoms with Crippen molar-refractivity contribution >= 4 is 35.2 Å². The lowest BCUT2D eigenvalue weighted by atomic mass is 10.0. The number of anilines is 1. The van der Waals surface area contributed by atoms with Crippen LogP contribution in [0.4, 0.5) is 18.9 Å². The average Bonchev–Trinajstić information content (AvgIpc) is 3.53. The van der Waals surface area contributed by atoms with Crippen LogP contribution in [0.2, 0.25) is 0 Å². The quantitative estimate of drug-likeness (QED) is 0.253. The average molecular weight is 645 g/mol. The van der Waals surface area contributed by atoms with Gasteiger partial charge in [-0.3, -0.25) is 9.59 Å². The molecule has 3 aromatic rings. The molecule has 9 nitrogen and oxygen atoms in total. The summed E-state index contributed by atoms with van der Waals surface area (Å²) in [6.45, 7) is -0.265. The minimum absolute atomic E-state index is 0.110. The highest BCUT2D eigenvalue weighted by Crippen LogP contribution is 2.40. The van der Waals surface area contributed by atoms with Crippen molar-refractivity contribution in [1.29, 1.82) is 0 Å². The third kappa shape index (κ3) is 7.85. The van der Waals surface area contributed by atoms with Crippen molar-refractivity contribution in [1.82, 2.24) is 4.90 Å². The molecule has 2 heterocycles. The lowest BCUT2D eigenvalue weighted by Gasteiger charge is -2.36. The van der Waals surface area contributed by atoms with Crippen LogP contribution in [0.25, 0.3) is 0 Å². The summed E-state index contributed by atoms with van der Waals surface area (Å²) in [5.41, 5.74) is 2.61. The van der Waals surface area contributed by atoms with Gasteiger partial charge < -0.3 is 29.9 Å². The highest BCUT2D eigenvalue weighted by molar-refractivity contribution is 7.99. The minimum Gasteiger partial charge on any atom is -0.478 e. The zero-order valence-corrected chi connectivity index (χ0v) is 24.7. The van der Waals surface area contributed by atoms with Crippen molar-refractivity contribution in [3.05, 3.63) is 95.1 Å². The van der Waals surface area contributed by atoms with Crippen molar-refractivity contribution in [3.8, 4) is 0 Å². The number of likely N-dealkylation sites (tertiary alicyclic amines) is 1. The van der Waals surface area contributed by atoms with Crippen molar-refractivity contribution in [2.75, 3.05) is 17.6 Å². The lowest BCUT2D eigenvalue weighted by Crippen LogP contribution is -2.48. The summed E-state index contributed by atoms with van der Waals surface area (Å²) in [4.78, 5) is 37.7. The first kappa shape index (κ1) is 32.5. The number of carbonyl (C=O) groups excluding carboxylic acids is 2. The second-order valence-corrected chi connectivity index (χ2v) is 11.8. The number of hydrogen-bond donors (Lipinski definition) is 3. The molecule has 238 valence electrons. The lowest BCUT2D eigenvalue weighted by molar-refractivity contribution is -0.245. The van der Waals surface area contributed by atoms with Crippen LogP contribution in [-0.2, 0) is 25.7 Å². The number of amides is 2. The Morgan fingerprint density at radius 1 is 0.978 bits per heavy atom. The minimum atomic E-state index is -5.07. The number of thioether (sulfide) groups is 1. The Kier molecular flexibility index (Phi) is 10.1. The van der Waals surface area contributed by atoms with Gasteiger partial charge in [-0.25, -0.2) is 4.79 Å². The van der Waals surface area contributed by atoms with Gasteiger partial charge in [0.15, 0.2) is 6.29 Å². The molecule has 13 heteroatoms. The first-order valence-electron chi connectivity index (χ1n) is 14.3. The number of alkyl halides is 3. The monoisotopic (exact) mass is 644 g/mol. The molecule has 5 rings (SSSR count). The molecule has 45 heavy (non-hydrogen) atoms. The van der Waals surface area contributed by atoms with Crippen LogP contribution >= 0.6 is 11.8 Å². The van der Waals surface area contributed by atoms with Gasteiger partial charge in [0.05, 0.1) is 24.4 Å². The van der Waals surface area contributed by atoms with Gasteiger partial charge >= 0.3 is 18.1 Å². The fourth-order valence-electron chi connectivity index (χ4n) is 5.41. The maximum absolute atomic E-state index is 13.1. The van der Waals surface area contributed by atoms with Crippen LogP contribution in [0, 0.1) is 0 Å². The molecule has 0 aliphatic carbocycles. The normalized spacial score (nSPS) is 21.8. The van der Waals surface area contributed by atoms with Crippen LogP contribution in [0.15, 0.2) is 77.7 Å². The number of hydrogen-bond acceptors (Lipinski definition) is 7. The van der Waals surface area contributed by atoms with Crippen molar-refractivity contribution in [2.45, 2.75) is 61.5 Å². The second-order valence-electron chi connectivity index (χ2n) is 10.7. The summed E-state index contributed by atoms with van der Waals surface area (Å²) in [5.74, 6) is -3.38. The van der Waals surface area contributed by atoms with Crippen LogP contribution < -0.4 is 5.32 Å². The van der Waals surface area contributed by atoms with Crippen molar-refractivity contribution in [3.63, 3.8) is 0 Å². The Morgan fingerprint density at radius 3 is 2.44 bits per heavy atom. The Hall–Kier alpha value is -3.91. The van der Waals surface area contributed by atoms with E-state index in [0.717, 1.165) is 11.1 Å². The number of aromatic carboxylic acids is 1. The zero-order chi connectivity index (χ0) is 32.1. The number of carbonyl (C=O) groups is 3. The molecular formula is C32H31F3N2O7S. The smallest absolute Gasteiger partial charge is 0.471 e. The number of aliphatic hydroxyl groups is 1. The molecule has 3 aromatic carbocycles. The van der Waals surface area contributed by atoms with Crippen LogP contribution in [0.3, 0.4) is 0 Å². The van der Waals surface area contributed by atoms with Gasteiger partial charge in [0.1, 0.15) is 6.04 Å². The van der Waals surface area contributed by atoms with Gasteiger partial charge in [-0.15, -0.1) is 11.8 Å². The third-order valence-electron chi connectivity index (χ3n) is 7.64. The molecule has 0 saturated carbocycles. The Labute approximate surface area is 261 Å². The molecule has 0 bridgehead atoms. The number of aliphatic hydroxyl groups excluding tert-OH is 1. The van der Waals surface area contributed by atoms with E-state index in [4.69, 9.17) is 9.47 Å². The van der Waals surface area contributed by atoms with Crippen LogP contribution in [0.1, 0.15) is 58.7 Å². The summed E-state index contributed by atoms with van der Waals surface area (Å²) >= 11 is 1.35. The number of halogens is 3. The predicted molar refractivity (Wildman–Crippen MR) is 158 cm³/mol. The number of benzene rings is 3. The summed E-state index contributed by atoms with van der Waals surface area (Å²) in [7, 11) is 0. The molecule has 0 aromatic heterocycles. The van der Waals surface area contributed by atoms with Gasteiger partial charge in [-0.05, 0) is 48.2 Å². The molecule has 3 N–H and O–H groups in total. The van der Waals surface area contributed by atoms with Gasteiger partial charge in [-0.2, -0.15) is 13.2 Å². The molecular weight excluding hydrogens is 613 g/mol. The second kappa shape index (κ2) is 14.0. The summed E-state index contributed by atoms with van der Waals surface area (Å²) in [6.07, 6.45) is -5.92. The third-order valence-corrected chi connectivity index (χ3v) is 8.85. The van der Waals surface area contributed by atoms with E-state index < -0.39 is 42.4 Å². The van der Waals surface area contributed by atoms with Crippen molar-refractivity contribution < 1.29 is 47.2 Å². The summed E-state index contributed by atoms with van der Waals surface area (Å²) < 4.78 is 51.9. The number of rotatable bonds is 9. The maximum Gasteiger partial charge on any atom is 0.471 e. The molecule has 0 radical (unpaired) electrons. The number of nitrogens with zero attached hydrogens (tertiary/aromatic N) is 1. The Morgan fingerprint density at radius 2 is 1.73 bits per heavy atom. The largest absolute Gasteiger partial charge is 0.478 e. The van der Waals surface area contributed by atoms with E-state index in [2.05, 4.69) is 5.32 Å². The van der Waals surface area contributed by atoms with E-state index >= 15 is 0 Å². The fraction of sp³-hybridized carbons (Fsp3) is 0.344. The number of ether oxygens (including phenoxy) is 2. The van der Waals surface area contributed by atoms with E-state index in [1.54, 1.807) is 54.6 Å². The maximum atomic E-state index is 13.1. The van der Waals surface area contributed by atoms with Crippen LogP contribution in [0.5, 0.6) is 0 Å². The molecule has 2 fully saturated rings. The van der Waals surface area contributed by atoms with E-state index in [-0.39, 0.29) is 37.7 Å². The number of carboxylic acids is 1. The summed E-state index contributed by atoms with van der Waals surface area (Å²) in [6, 6.07) is 19.3. The molecule has 2 aliphatic rings. The van der Waals surface area contributed by atoms with E-state index in [1.165, 1.54) is 17.8 Å². The number of nitrogens with one attached hydrogen (secondary N) is 1. The highest BCUT2D eigenvalue weighted by Gasteiger charge is 2.47. The standard InChI is InChI=1S/C32H31F3N2O7S/c33-32(34,35)31(42)37-14-4-8-25(37)28(39)36-22-6-3-5-21(15-22)30-43-23(18-45-27-9-2-1-7-24(27)29(40)41)16-26(44-30)20-12-10-19(17-38)11-13-20/h1-3,5-7,9-13,15,23,25-26,30,38H,4,8,14,16-18H2,(H,36,39)(H,40,41)/t23-,25+,26+,30+/m1/s1. The molecule has 0 unspecified atom stereocenters. The van der Waals surface area contributed by atoms with E-state index in [0.29, 0.717) is 33.2 Å². The molecule has 2 saturated heterocycles. The topological polar surface area (TPSA) is 125 Å². The van der Waals surface area contributed by atoms with Crippen LogP contribution in [-0.4, -0.2) is 63.5 Å². The molecule has 0 spiro atoms. The van der Waals surface area contributed by atoms with Gasteiger partial charge in [0.2, 0.25) is 5.91 Å². The summed E-state index contributed by atoms with van der Waals surface area (Å²) in [5, 5.41) is 21.7.